The lowest BCUT2D eigenvalue weighted by Crippen LogP contribution is -2.43. The van der Waals surface area contributed by atoms with E-state index in [1.807, 2.05) is 31.2 Å². The maximum Gasteiger partial charge on any atom is 0.416 e. The molecule has 3 atom stereocenters. The van der Waals surface area contributed by atoms with Crippen LogP contribution in [-0.2, 0) is 19.0 Å². The smallest absolute Gasteiger partial charge is 0.416 e. The number of hydrogen-bond acceptors (Lipinski definition) is 10. The second-order valence-electron chi connectivity index (χ2n) is 7.70. The van der Waals surface area contributed by atoms with Gasteiger partial charge in [-0.05, 0) is 32.0 Å². The van der Waals surface area contributed by atoms with E-state index >= 15 is 0 Å². The van der Waals surface area contributed by atoms with Crippen molar-refractivity contribution in [2.45, 2.75) is 32.0 Å². The van der Waals surface area contributed by atoms with Crippen molar-refractivity contribution >= 4 is 50.9 Å². The van der Waals surface area contributed by atoms with Gasteiger partial charge in [0, 0.05) is 27.9 Å². The maximum atomic E-state index is 12.4. The predicted octanol–water partition coefficient (Wildman–Crippen LogP) is 4.12. The van der Waals surface area contributed by atoms with E-state index in [-0.39, 0.29) is 18.5 Å². The van der Waals surface area contributed by atoms with Crippen LogP contribution < -0.4 is 10.2 Å². The van der Waals surface area contributed by atoms with Crippen molar-refractivity contribution in [3.05, 3.63) is 52.6 Å². The summed E-state index contributed by atoms with van der Waals surface area (Å²) in [4.78, 5) is 27.8. The molecule has 0 aliphatic carbocycles. The summed E-state index contributed by atoms with van der Waals surface area (Å²) in [5, 5.41) is 4.73. The number of nitrogens with one attached hydrogen (secondary N) is 1. The Morgan fingerprint density at radius 3 is 2.68 bits per heavy atom. The Morgan fingerprint density at radius 2 is 1.97 bits per heavy atom. The van der Waals surface area contributed by atoms with Gasteiger partial charge in [-0.15, -0.1) is 11.3 Å². The van der Waals surface area contributed by atoms with Crippen LogP contribution >= 0.6 is 22.9 Å². The lowest BCUT2D eigenvalue weighted by molar-refractivity contribution is 0.161. The third kappa shape index (κ3) is 5.63. The number of amides is 1. The second kappa shape index (κ2) is 9.82. The molecule has 4 rings (SSSR count). The molecule has 1 unspecified atom stereocenters. The number of nitrogens with zero attached hydrogens (tertiary/aromatic N) is 4. The lowest BCUT2D eigenvalue weighted by Gasteiger charge is -2.25. The van der Waals surface area contributed by atoms with E-state index in [0.29, 0.717) is 11.0 Å². The van der Waals surface area contributed by atoms with Crippen molar-refractivity contribution in [3.63, 3.8) is 0 Å². The van der Waals surface area contributed by atoms with Crippen molar-refractivity contribution in [1.29, 1.82) is 0 Å². The van der Waals surface area contributed by atoms with Crippen LogP contribution in [0.25, 0.3) is 10.6 Å². The van der Waals surface area contributed by atoms with Gasteiger partial charge >= 0.3 is 6.09 Å². The maximum absolute atomic E-state index is 12.4. The largest absolute Gasteiger partial charge is 0.447 e. The average Bonchev–Trinajstić information content (AvgIpc) is 3.40. The van der Waals surface area contributed by atoms with Crippen LogP contribution in [0.2, 0.25) is 5.02 Å². The summed E-state index contributed by atoms with van der Waals surface area (Å²) in [6.45, 7) is 3.49. The van der Waals surface area contributed by atoms with Gasteiger partial charge in [0.25, 0.3) is 10.1 Å². The van der Waals surface area contributed by atoms with Gasteiger partial charge in [0.1, 0.15) is 23.5 Å². The van der Waals surface area contributed by atoms with Crippen LogP contribution in [0.4, 0.5) is 16.6 Å². The standard InChI is InChI=1S/C21H22ClN5O5S2/c1-12(17-10-24-19(33-17)14-4-6-15(22)7-5-14)25-20-23-9-8-18(26-20)27-16(11-31-21(27)28)13(2)32-34(3,29)30/h4-10,12-13,16H,11H2,1-3H3,(H,23,25,26)/t12-,13?,16+/m0/s1. The van der Waals surface area contributed by atoms with Crippen molar-refractivity contribution in [3.8, 4) is 10.6 Å². The van der Waals surface area contributed by atoms with Crippen molar-refractivity contribution in [2.24, 2.45) is 0 Å². The van der Waals surface area contributed by atoms with E-state index in [4.69, 9.17) is 20.5 Å². The highest BCUT2D eigenvalue weighted by molar-refractivity contribution is 7.86. The van der Waals surface area contributed by atoms with Gasteiger partial charge in [-0.25, -0.2) is 14.8 Å². The Bertz CT molecular complexity index is 1280. The summed E-state index contributed by atoms with van der Waals surface area (Å²) >= 11 is 7.49. The summed E-state index contributed by atoms with van der Waals surface area (Å²) in [6, 6.07) is 8.18. The highest BCUT2D eigenvalue weighted by Crippen LogP contribution is 2.31. The molecule has 10 nitrogen and oxygen atoms in total. The molecule has 2 aromatic heterocycles. The summed E-state index contributed by atoms with van der Waals surface area (Å²) in [6.07, 6.45) is 2.79. The molecule has 1 fully saturated rings. The zero-order chi connectivity index (χ0) is 24.5. The SMILES string of the molecule is CC(OS(C)(=O)=O)[C@H]1COC(=O)N1c1ccnc(N[C@@H](C)c2cnc(-c3ccc(Cl)cc3)s2)n1. The van der Waals surface area contributed by atoms with Crippen LogP contribution in [-0.4, -0.2) is 54.5 Å². The third-order valence-electron chi connectivity index (χ3n) is 5.05. The molecule has 1 aliphatic heterocycles. The summed E-state index contributed by atoms with van der Waals surface area (Å²) in [7, 11) is -3.71. The van der Waals surface area contributed by atoms with Gasteiger partial charge in [0.2, 0.25) is 5.95 Å². The molecular weight excluding hydrogens is 502 g/mol. The van der Waals surface area contributed by atoms with E-state index in [2.05, 4.69) is 20.3 Å². The number of thiazole rings is 1. The van der Waals surface area contributed by atoms with E-state index < -0.39 is 28.4 Å². The molecule has 1 N–H and O–H groups in total. The summed E-state index contributed by atoms with van der Waals surface area (Å²) < 4.78 is 33.2. The summed E-state index contributed by atoms with van der Waals surface area (Å²) in [5.41, 5.74) is 0.968. The number of halogens is 1. The third-order valence-corrected chi connectivity index (χ3v) is 7.18. The number of benzene rings is 1. The Balaban J connectivity index is 1.50. The molecule has 0 spiro atoms. The van der Waals surface area contributed by atoms with Crippen molar-refractivity contribution in [2.75, 3.05) is 23.1 Å². The highest BCUT2D eigenvalue weighted by Gasteiger charge is 2.40. The Morgan fingerprint density at radius 1 is 1.24 bits per heavy atom. The number of carbonyl (C=O) groups excluding carboxylic acids is 1. The molecule has 0 radical (unpaired) electrons. The van der Waals surface area contributed by atoms with Crippen molar-refractivity contribution in [1.82, 2.24) is 15.0 Å². The first-order valence-corrected chi connectivity index (χ1v) is 13.3. The first-order valence-electron chi connectivity index (χ1n) is 10.3. The minimum absolute atomic E-state index is 0.0208. The molecule has 34 heavy (non-hydrogen) atoms. The van der Waals surface area contributed by atoms with Gasteiger partial charge in [0.15, 0.2) is 0 Å². The fraction of sp³-hybridized carbons (Fsp3) is 0.333. The lowest BCUT2D eigenvalue weighted by atomic mass is 10.2. The van der Waals surface area contributed by atoms with E-state index in [0.717, 1.165) is 21.7 Å². The predicted molar refractivity (Wildman–Crippen MR) is 130 cm³/mol. The number of rotatable bonds is 8. The van der Waals surface area contributed by atoms with Gasteiger partial charge in [-0.2, -0.15) is 13.4 Å². The first-order chi connectivity index (χ1) is 16.1. The highest BCUT2D eigenvalue weighted by atomic mass is 35.5. The number of aromatic nitrogens is 3. The molecule has 180 valence electrons. The van der Waals surface area contributed by atoms with E-state index in [1.165, 1.54) is 22.4 Å². The van der Waals surface area contributed by atoms with E-state index in [9.17, 15) is 13.2 Å². The number of hydrogen-bond donors (Lipinski definition) is 1. The van der Waals surface area contributed by atoms with Gasteiger partial charge in [-0.3, -0.25) is 9.08 Å². The molecule has 0 saturated carbocycles. The summed E-state index contributed by atoms with van der Waals surface area (Å²) in [5.74, 6) is 0.564. The molecule has 3 aromatic rings. The molecule has 13 heteroatoms. The number of carbonyl (C=O) groups is 1. The molecule has 3 heterocycles. The van der Waals surface area contributed by atoms with Crippen LogP contribution in [0.5, 0.6) is 0 Å². The van der Waals surface area contributed by atoms with Crippen LogP contribution in [0.1, 0.15) is 24.8 Å². The topological polar surface area (TPSA) is 124 Å². The van der Waals surface area contributed by atoms with Gasteiger partial charge < -0.3 is 10.1 Å². The van der Waals surface area contributed by atoms with Crippen molar-refractivity contribution < 1.29 is 22.1 Å². The number of anilines is 2. The fourth-order valence-corrected chi connectivity index (χ4v) is 5.14. The molecule has 1 aromatic carbocycles. The van der Waals surface area contributed by atoms with Gasteiger partial charge in [0.05, 0.1) is 18.4 Å². The molecule has 1 saturated heterocycles. The van der Waals surface area contributed by atoms with Crippen LogP contribution in [0.15, 0.2) is 42.7 Å². The fourth-order valence-electron chi connectivity index (χ4n) is 3.42. The molecule has 0 bridgehead atoms. The average molecular weight is 524 g/mol. The minimum Gasteiger partial charge on any atom is -0.447 e. The monoisotopic (exact) mass is 523 g/mol. The first kappa shape index (κ1) is 24.3. The van der Waals surface area contributed by atoms with E-state index in [1.54, 1.807) is 19.2 Å². The number of ether oxygens (including phenoxy) is 1. The molecule has 1 aliphatic rings. The second-order valence-corrected chi connectivity index (χ2v) is 10.8. The Kier molecular flexibility index (Phi) is 7.03. The Labute approximate surface area is 206 Å². The van der Waals surface area contributed by atoms with Crippen LogP contribution in [0, 0.1) is 0 Å². The number of cyclic esters (lactones) is 1. The quantitative estimate of drug-likeness (QED) is 0.434. The van der Waals surface area contributed by atoms with Gasteiger partial charge in [-0.1, -0.05) is 23.7 Å². The zero-order valence-electron chi connectivity index (χ0n) is 18.5. The Hall–Kier alpha value is -2.80. The minimum atomic E-state index is -3.71. The van der Waals surface area contributed by atoms with Crippen LogP contribution in [0.3, 0.4) is 0 Å². The zero-order valence-corrected chi connectivity index (χ0v) is 20.9. The molecule has 1 amide bonds. The molecular formula is C21H22ClN5O5S2. The normalized spacial score (nSPS) is 17.9.